The molecule has 1 saturated heterocycles. The first-order chi connectivity index (χ1) is 17.3. The van der Waals surface area contributed by atoms with Gasteiger partial charge in [0.2, 0.25) is 10.0 Å². The van der Waals surface area contributed by atoms with E-state index in [0.29, 0.717) is 42.6 Å². The smallest absolute Gasteiger partial charge is 0.251 e. The van der Waals surface area contributed by atoms with Crippen LogP contribution in [0.15, 0.2) is 89.8 Å². The highest BCUT2D eigenvalue weighted by Crippen LogP contribution is 2.22. The summed E-state index contributed by atoms with van der Waals surface area (Å²) in [4.78, 5) is 15.6. The summed E-state index contributed by atoms with van der Waals surface area (Å²) in [5.74, 6) is 0.386. The van der Waals surface area contributed by atoms with Gasteiger partial charge in [-0.3, -0.25) is 9.69 Å². The molecule has 1 amide bonds. The van der Waals surface area contributed by atoms with E-state index in [4.69, 9.17) is 0 Å². The van der Waals surface area contributed by atoms with E-state index < -0.39 is 10.0 Å². The number of carbonyl (C=O) groups excluding carboxylic acids is 1. The molecule has 1 N–H and O–H groups in total. The Hall–Kier alpha value is -3.00. The summed E-state index contributed by atoms with van der Waals surface area (Å²) in [6, 6.07) is 26.4. The van der Waals surface area contributed by atoms with Crippen LogP contribution in [0.5, 0.6) is 0 Å². The predicted octanol–water partition coefficient (Wildman–Crippen LogP) is 4.71. The van der Waals surface area contributed by atoms with Crippen LogP contribution in [-0.4, -0.2) is 49.7 Å². The number of hydrogen-bond acceptors (Lipinski definition) is 4. The van der Waals surface area contributed by atoms with Crippen molar-refractivity contribution in [2.75, 3.05) is 26.2 Å². The largest absolute Gasteiger partial charge is 0.345 e. The number of hydrogen-bond donors (Lipinski definition) is 1. The van der Waals surface area contributed by atoms with Gasteiger partial charge < -0.3 is 5.32 Å². The van der Waals surface area contributed by atoms with Crippen LogP contribution < -0.4 is 5.32 Å². The van der Waals surface area contributed by atoms with Crippen LogP contribution in [0.25, 0.3) is 0 Å². The van der Waals surface area contributed by atoms with Gasteiger partial charge >= 0.3 is 0 Å². The van der Waals surface area contributed by atoms with Crippen molar-refractivity contribution in [2.24, 2.45) is 5.92 Å². The molecule has 0 spiro atoms. The molecule has 0 aromatic heterocycles. The van der Waals surface area contributed by atoms with Crippen LogP contribution in [0, 0.1) is 5.92 Å². The molecule has 0 saturated carbocycles. The predicted molar refractivity (Wildman–Crippen MR) is 143 cm³/mol. The van der Waals surface area contributed by atoms with Gasteiger partial charge in [0, 0.05) is 38.3 Å². The maximum absolute atomic E-state index is 13.0. The van der Waals surface area contributed by atoms with E-state index in [1.807, 2.05) is 48.5 Å². The third-order valence-electron chi connectivity index (χ3n) is 6.55. The Balaban J connectivity index is 1.32. The second-order valence-electron chi connectivity index (χ2n) is 9.76. The van der Waals surface area contributed by atoms with Crippen molar-refractivity contribution in [3.05, 3.63) is 102 Å². The minimum absolute atomic E-state index is 0.0261. The van der Waals surface area contributed by atoms with E-state index >= 15 is 0 Å². The molecule has 1 atom stereocenters. The van der Waals surface area contributed by atoms with Crippen molar-refractivity contribution in [1.82, 2.24) is 14.5 Å². The lowest BCUT2D eigenvalue weighted by Gasteiger charge is -2.34. The maximum atomic E-state index is 13.0. The molecule has 1 heterocycles. The average Bonchev–Trinajstić information content (AvgIpc) is 2.90. The molecular weight excluding hydrogens is 470 g/mol. The quantitative estimate of drug-likeness (QED) is 0.457. The summed E-state index contributed by atoms with van der Waals surface area (Å²) in [6.07, 6.45) is 0.875. The molecular formula is C29H35N3O3S. The van der Waals surface area contributed by atoms with Gasteiger partial charge in [0.05, 0.1) is 10.9 Å². The fourth-order valence-corrected chi connectivity index (χ4v) is 6.01. The monoisotopic (exact) mass is 505 g/mol. The molecule has 36 heavy (non-hydrogen) atoms. The highest BCUT2D eigenvalue weighted by molar-refractivity contribution is 7.89. The Morgan fingerprint density at radius 2 is 1.42 bits per heavy atom. The van der Waals surface area contributed by atoms with E-state index in [1.165, 1.54) is 0 Å². The van der Waals surface area contributed by atoms with Crippen LogP contribution in [0.2, 0.25) is 0 Å². The highest BCUT2D eigenvalue weighted by Gasteiger charge is 2.28. The van der Waals surface area contributed by atoms with Crippen LogP contribution in [0.1, 0.15) is 47.8 Å². The topological polar surface area (TPSA) is 69.7 Å². The normalized spacial score (nSPS) is 16.1. The molecule has 1 fully saturated rings. The number of rotatable bonds is 9. The first-order valence-corrected chi connectivity index (χ1v) is 14.0. The van der Waals surface area contributed by atoms with E-state index in [9.17, 15) is 13.2 Å². The first-order valence-electron chi connectivity index (χ1n) is 12.6. The van der Waals surface area contributed by atoms with Crippen molar-refractivity contribution in [1.29, 1.82) is 0 Å². The van der Waals surface area contributed by atoms with Crippen LogP contribution in [0.3, 0.4) is 0 Å². The third-order valence-corrected chi connectivity index (χ3v) is 8.46. The van der Waals surface area contributed by atoms with Crippen LogP contribution >= 0.6 is 0 Å². The number of nitrogens with zero attached hydrogens (tertiary/aromatic N) is 2. The number of nitrogens with one attached hydrogen (secondary N) is 1. The van der Waals surface area contributed by atoms with Gasteiger partial charge in [-0.1, -0.05) is 74.5 Å². The zero-order valence-electron chi connectivity index (χ0n) is 21.0. The van der Waals surface area contributed by atoms with Gasteiger partial charge in [-0.25, -0.2) is 8.42 Å². The minimum Gasteiger partial charge on any atom is -0.345 e. The molecule has 6 nitrogen and oxygen atoms in total. The molecule has 190 valence electrons. The number of benzene rings is 3. The van der Waals surface area contributed by atoms with Crippen molar-refractivity contribution >= 4 is 15.9 Å². The molecule has 7 heteroatoms. The van der Waals surface area contributed by atoms with Crippen LogP contribution in [0.4, 0.5) is 0 Å². The van der Waals surface area contributed by atoms with Crippen molar-refractivity contribution in [2.45, 2.75) is 37.8 Å². The van der Waals surface area contributed by atoms with Gasteiger partial charge in [-0.2, -0.15) is 4.31 Å². The molecule has 3 aromatic carbocycles. The zero-order chi connectivity index (χ0) is 25.5. The number of sulfonamides is 1. The summed E-state index contributed by atoms with van der Waals surface area (Å²) in [6.45, 7) is 7.32. The Morgan fingerprint density at radius 1 is 0.833 bits per heavy atom. The summed E-state index contributed by atoms with van der Waals surface area (Å²) in [5.41, 5.74) is 2.86. The Labute approximate surface area is 215 Å². The SMILES string of the molecule is CC(C)C[C@H](NC(=O)c1ccc(CN2CCN(S(=O)(=O)c3ccccc3)CC2)cc1)c1ccccc1. The Bertz CT molecular complexity index is 1220. The second-order valence-corrected chi connectivity index (χ2v) is 11.7. The molecule has 0 aliphatic carbocycles. The second kappa shape index (κ2) is 11.8. The lowest BCUT2D eigenvalue weighted by atomic mass is 9.96. The van der Waals surface area contributed by atoms with E-state index in [1.54, 1.807) is 28.6 Å². The van der Waals surface area contributed by atoms with E-state index in [2.05, 4.69) is 36.2 Å². The number of piperazine rings is 1. The summed E-state index contributed by atoms with van der Waals surface area (Å²) >= 11 is 0. The molecule has 4 rings (SSSR count). The van der Waals surface area contributed by atoms with Crippen molar-refractivity contribution in [3.8, 4) is 0 Å². The van der Waals surface area contributed by atoms with Gasteiger partial charge in [0.1, 0.15) is 0 Å². The van der Waals surface area contributed by atoms with Crippen molar-refractivity contribution < 1.29 is 13.2 Å². The van der Waals surface area contributed by atoms with Crippen molar-refractivity contribution in [3.63, 3.8) is 0 Å². The van der Waals surface area contributed by atoms with E-state index in [-0.39, 0.29) is 11.9 Å². The molecule has 1 aliphatic heterocycles. The zero-order valence-corrected chi connectivity index (χ0v) is 21.8. The Kier molecular flexibility index (Phi) is 8.56. The molecule has 0 unspecified atom stereocenters. The van der Waals surface area contributed by atoms with Crippen LogP contribution in [-0.2, 0) is 16.6 Å². The first kappa shape index (κ1) is 26.1. The van der Waals surface area contributed by atoms with Gasteiger partial charge in [0.15, 0.2) is 0 Å². The highest BCUT2D eigenvalue weighted by atomic mass is 32.2. The Morgan fingerprint density at radius 3 is 2.00 bits per heavy atom. The lowest BCUT2D eigenvalue weighted by Crippen LogP contribution is -2.48. The van der Waals surface area contributed by atoms with Gasteiger partial charge in [-0.15, -0.1) is 0 Å². The standard InChI is InChI=1S/C29H35N3O3S/c1-23(2)21-28(25-9-5-3-6-10-25)30-29(33)26-15-13-24(14-16-26)22-31-17-19-32(20-18-31)36(34,35)27-11-7-4-8-12-27/h3-16,23,28H,17-22H2,1-2H3,(H,30,33)/t28-/m0/s1. The van der Waals surface area contributed by atoms with E-state index in [0.717, 1.165) is 24.1 Å². The fraction of sp³-hybridized carbons (Fsp3) is 0.345. The number of carbonyl (C=O) groups is 1. The molecule has 0 radical (unpaired) electrons. The fourth-order valence-electron chi connectivity index (χ4n) is 4.57. The minimum atomic E-state index is -3.45. The lowest BCUT2D eigenvalue weighted by molar-refractivity contribution is 0.0932. The van der Waals surface area contributed by atoms with Gasteiger partial charge in [0.25, 0.3) is 5.91 Å². The summed E-state index contributed by atoms with van der Waals surface area (Å²) in [7, 11) is -3.45. The maximum Gasteiger partial charge on any atom is 0.251 e. The molecule has 0 bridgehead atoms. The van der Waals surface area contributed by atoms with Gasteiger partial charge in [-0.05, 0) is 47.7 Å². The molecule has 1 aliphatic rings. The summed E-state index contributed by atoms with van der Waals surface area (Å²) in [5, 5.41) is 3.20. The third kappa shape index (κ3) is 6.60. The molecule has 3 aromatic rings. The summed E-state index contributed by atoms with van der Waals surface area (Å²) < 4.78 is 27.3. The average molecular weight is 506 g/mol. The number of amides is 1.